The summed E-state index contributed by atoms with van der Waals surface area (Å²) in [4.78, 5) is 21.6. The number of aromatic nitrogens is 2. The van der Waals surface area contributed by atoms with Crippen molar-refractivity contribution < 1.29 is 18.0 Å². The van der Waals surface area contributed by atoms with Crippen LogP contribution in [0, 0.1) is 23.4 Å². The predicted molar refractivity (Wildman–Crippen MR) is 122 cm³/mol. The van der Waals surface area contributed by atoms with Crippen LogP contribution in [0.1, 0.15) is 19.9 Å². The SMILES string of the molecule is CC(C)C(C(=O)NCCN1CCN(c2ccc(F)cc2)CC1)n1cnc2cc(F)c(F)cc21. The second-order valence-electron chi connectivity index (χ2n) is 8.69. The standard InChI is InChI=1S/C24H28F3N5O/c1-16(2)23(32-15-29-21-13-19(26)20(27)14-22(21)32)24(33)28-7-8-30-9-11-31(12-10-30)18-5-3-17(25)4-6-18/h3-6,13-16,23H,7-12H2,1-2H3,(H,28,33). The van der Waals surface area contributed by atoms with Crippen LogP contribution in [0.2, 0.25) is 0 Å². The maximum atomic E-state index is 13.8. The van der Waals surface area contributed by atoms with E-state index in [1.54, 1.807) is 16.7 Å². The molecule has 1 fully saturated rings. The summed E-state index contributed by atoms with van der Waals surface area (Å²) in [7, 11) is 0. The minimum absolute atomic E-state index is 0.0743. The minimum Gasteiger partial charge on any atom is -0.369 e. The summed E-state index contributed by atoms with van der Waals surface area (Å²) in [6.45, 7) is 8.35. The van der Waals surface area contributed by atoms with E-state index in [4.69, 9.17) is 0 Å². The van der Waals surface area contributed by atoms with Crippen LogP contribution in [0.5, 0.6) is 0 Å². The number of imidazole rings is 1. The molecule has 1 atom stereocenters. The number of carbonyl (C=O) groups excluding carboxylic acids is 1. The van der Waals surface area contributed by atoms with Crippen molar-refractivity contribution in [3.05, 3.63) is 60.2 Å². The highest BCUT2D eigenvalue weighted by molar-refractivity contribution is 5.84. The quantitative estimate of drug-likeness (QED) is 0.587. The van der Waals surface area contributed by atoms with E-state index in [1.807, 2.05) is 13.8 Å². The van der Waals surface area contributed by atoms with Gasteiger partial charge in [0.25, 0.3) is 0 Å². The van der Waals surface area contributed by atoms with E-state index in [2.05, 4.69) is 20.1 Å². The lowest BCUT2D eigenvalue weighted by Crippen LogP contribution is -2.49. The van der Waals surface area contributed by atoms with E-state index in [-0.39, 0.29) is 17.6 Å². The topological polar surface area (TPSA) is 53.4 Å². The molecule has 1 aliphatic rings. The van der Waals surface area contributed by atoms with Gasteiger partial charge >= 0.3 is 0 Å². The Hall–Kier alpha value is -3.07. The van der Waals surface area contributed by atoms with Gasteiger partial charge in [0.05, 0.1) is 17.4 Å². The Morgan fingerprint density at radius 1 is 1.03 bits per heavy atom. The van der Waals surface area contributed by atoms with Crippen LogP contribution in [0.25, 0.3) is 11.0 Å². The molecule has 1 aliphatic heterocycles. The van der Waals surface area contributed by atoms with Crippen molar-refractivity contribution in [3.63, 3.8) is 0 Å². The molecule has 0 bridgehead atoms. The van der Waals surface area contributed by atoms with E-state index in [0.717, 1.165) is 44.0 Å². The van der Waals surface area contributed by atoms with Gasteiger partial charge in [-0.3, -0.25) is 9.69 Å². The average molecular weight is 460 g/mol. The molecule has 1 N–H and O–H groups in total. The Kier molecular flexibility index (Phi) is 6.88. The lowest BCUT2D eigenvalue weighted by molar-refractivity contribution is -0.125. The monoisotopic (exact) mass is 459 g/mol. The van der Waals surface area contributed by atoms with Crippen molar-refractivity contribution in [2.24, 2.45) is 5.92 Å². The zero-order valence-corrected chi connectivity index (χ0v) is 18.8. The van der Waals surface area contributed by atoms with Crippen molar-refractivity contribution in [2.45, 2.75) is 19.9 Å². The summed E-state index contributed by atoms with van der Waals surface area (Å²) in [6, 6.07) is 8.06. The van der Waals surface area contributed by atoms with Gasteiger partial charge in [0.1, 0.15) is 11.9 Å². The number of amides is 1. The predicted octanol–water partition coefficient (Wildman–Crippen LogP) is 3.59. The first-order chi connectivity index (χ1) is 15.8. The molecular formula is C24H28F3N5O. The first-order valence-corrected chi connectivity index (χ1v) is 11.2. The summed E-state index contributed by atoms with van der Waals surface area (Å²) in [6.07, 6.45) is 1.46. The summed E-state index contributed by atoms with van der Waals surface area (Å²) in [5.41, 5.74) is 1.71. The zero-order valence-electron chi connectivity index (χ0n) is 18.8. The molecule has 4 rings (SSSR count). The van der Waals surface area contributed by atoms with Gasteiger partial charge in [-0.25, -0.2) is 18.2 Å². The second-order valence-corrected chi connectivity index (χ2v) is 8.69. The number of piperazine rings is 1. The Morgan fingerprint density at radius 2 is 1.70 bits per heavy atom. The molecule has 2 heterocycles. The van der Waals surface area contributed by atoms with E-state index < -0.39 is 17.7 Å². The van der Waals surface area contributed by atoms with E-state index in [9.17, 15) is 18.0 Å². The number of anilines is 1. The molecule has 1 unspecified atom stereocenters. The highest BCUT2D eigenvalue weighted by Crippen LogP contribution is 2.25. The Labute approximate surface area is 191 Å². The fourth-order valence-electron chi connectivity index (χ4n) is 4.32. The number of nitrogens with one attached hydrogen (secondary N) is 1. The normalized spacial score (nSPS) is 15.9. The van der Waals surface area contributed by atoms with E-state index >= 15 is 0 Å². The van der Waals surface area contributed by atoms with Crippen LogP contribution in [0.4, 0.5) is 18.9 Å². The number of rotatable bonds is 7. The number of benzene rings is 2. The van der Waals surface area contributed by atoms with Gasteiger partial charge in [-0.15, -0.1) is 0 Å². The molecule has 0 aliphatic carbocycles. The van der Waals surface area contributed by atoms with Gasteiger partial charge in [0, 0.05) is 57.1 Å². The molecule has 0 saturated carbocycles. The van der Waals surface area contributed by atoms with Gasteiger partial charge in [0.2, 0.25) is 5.91 Å². The smallest absolute Gasteiger partial charge is 0.243 e. The first kappa shape index (κ1) is 23.1. The summed E-state index contributed by atoms with van der Waals surface area (Å²) < 4.78 is 42.1. The van der Waals surface area contributed by atoms with Crippen molar-refractivity contribution in [3.8, 4) is 0 Å². The van der Waals surface area contributed by atoms with Crippen LogP contribution >= 0.6 is 0 Å². The fraction of sp³-hybridized carbons (Fsp3) is 0.417. The fourth-order valence-corrected chi connectivity index (χ4v) is 4.32. The van der Waals surface area contributed by atoms with Crippen molar-refractivity contribution >= 4 is 22.6 Å². The van der Waals surface area contributed by atoms with Crippen LogP contribution in [-0.4, -0.2) is 59.6 Å². The van der Waals surface area contributed by atoms with Crippen LogP contribution < -0.4 is 10.2 Å². The highest BCUT2D eigenvalue weighted by atomic mass is 19.2. The molecule has 6 nitrogen and oxygen atoms in total. The van der Waals surface area contributed by atoms with Crippen LogP contribution in [-0.2, 0) is 4.79 Å². The molecule has 3 aromatic rings. The molecule has 2 aromatic carbocycles. The van der Waals surface area contributed by atoms with Crippen molar-refractivity contribution in [1.29, 1.82) is 0 Å². The summed E-state index contributed by atoms with van der Waals surface area (Å²) in [5, 5.41) is 2.99. The number of nitrogens with zero attached hydrogens (tertiary/aromatic N) is 4. The number of fused-ring (bicyclic) bond motifs is 1. The summed E-state index contributed by atoms with van der Waals surface area (Å²) in [5.74, 6) is -2.42. The largest absolute Gasteiger partial charge is 0.369 e. The van der Waals surface area contributed by atoms with Crippen molar-refractivity contribution in [2.75, 3.05) is 44.2 Å². The van der Waals surface area contributed by atoms with Gasteiger partial charge in [0.15, 0.2) is 11.6 Å². The Bertz CT molecular complexity index is 1110. The Balaban J connectivity index is 1.32. The molecule has 0 spiro atoms. The maximum Gasteiger partial charge on any atom is 0.243 e. The van der Waals surface area contributed by atoms with E-state index in [1.165, 1.54) is 18.5 Å². The Morgan fingerprint density at radius 3 is 2.36 bits per heavy atom. The average Bonchev–Trinajstić information content (AvgIpc) is 3.17. The minimum atomic E-state index is -0.966. The van der Waals surface area contributed by atoms with Crippen molar-refractivity contribution in [1.82, 2.24) is 19.8 Å². The molecule has 1 amide bonds. The zero-order chi connectivity index (χ0) is 23.5. The first-order valence-electron chi connectivity index (χ1n) is 11.2. The van der Waals surface area contributed by atoms with Crippen LogP contribution in [0.3, 0.4) is 0 Å². The molecule has 1 aromatic heterocycles. The molecule has 9 heteroatoms. The molecular weight excluding hydrogens is 431 g/mol. The van der Waals surface area contributed by atoms with Crippen LogP contribution in [0.15, 0.2) is 42.7 Å². The number of hydrogen-bond acceptors (Lipinski definition) is 4. The van der Waals surface area contributed by atoms with Gasteiger partial charge in [-0.2, -0.15) is 0 Å². The molecule has 176 valence electrons. The molecule has 0 radical (unpaired) electrons. The third-order valence-corrected chi connectivity index (χ3v) is 6.11. The van der Waals surface area contributed by atoms with Gasteiger partial charge in [-0.05, 0) is 30.2 Å². The number of halogens is 3. The third kappa shape index (κ3) is 5.13. The molecule has 1 saturated heterocycles. The summed E-state index contributed by atoms with van der Waals surface area (Å²) >= 11 is 0. The second kappa shape index (κ2) is 9.82. The maximum absolute atomic E-state index is 13.8. The third-order valence-electron chi connectivity index (χ3n) is 6.11. The number of hydrogen-bond donors (Lipinski definition) is 1. The van der Waals surface area contributed by atoms with E-state index in [0.29, 0.717) is 24.1 Å². The lowest BCUT2D eigenvalue weighted by Gasteiger charge is -2.36. The lowest BCUT2D eigenvalue weighted by atomic mass is 10.0. The van der Waals surface area contributed by atoms with Gasteiger partial charge < -0.3 is 14.8 Å². The van der Waals surface area contributed by atoms with Gasteiger partial charge in [-0.1, -0.05) is 13.8 Å². The highest BCUT2D eigenvalue weighted by Gasteiger charge is 2.26. The molecule has 33 heavy (non-hydrogen) atoms. The number of carbonyl (C=O) groups is 1.